The molecule has 1 heterocycles. The van der Waals surface area contributed by atoms with Crippen LogP contribution in [0.3, 0.4) is 0 Å². The van der Waals surface area contributed by atoms with Crippen molar-refractivity contribution in [1.82, 2.24) is 9.97 Å². The fourth-order valence-electron chi connectivity index (χ4n) is 1.48. The van der Waals surface area contributed by atoms with Gasteiger partial charge in [-0.05, 0) is 12.5 Å². The summed E-state index contributed by atoms with van der Waals surface area (Å²) in [5, 5.41) is 11.0. The highest BCUT2D eigenvalue weighted by molar-refractivity contribution is 6.29. The summed E-state index contributed by atoms with van der Waals surface area (Å²) >= 11 is 5.76. The van der Waals surface area contributed by atoms with Crippen LogP contribution >= 0.6 is 11.6 Å². The van der Waals surface area contributed by atoms with Crippen molar-refractivity contribution in [3.8, 4) is 11.3 Å². The van der Waals surface area contributed by atoms with Crippen molar-refractivity contribution in [2.75, 3.05) is 0 Å². The summed E-state index contributed by atoms with van der Waals surface area (Å²) < 4.78 is 0. The van der Waals surface area contributed by atoms with Gasteiger partial charge in [-0.15, -0.1) is 0 Å². The topological polar surface area (TPSA) is 68.9 Å². The Morgan fingerprint density at radius 1 is 1.29 bits per heavy atom. The number of aryl methyl sites for hydroxylation is 1. The molecule has 6 heteroatoms. The third-order valence-corrected chi connectivity index (χ3v) is 2.55. The molecule has 17 heavy (non-hydrogen) atoms. The highest BCUT2D eigenvalue weighted by atomic mass is 35.5. The highest BCUT2D eigenvalue weighted by Crippen LogP contribution is 2.26. The summed E-state index contributed by atoms with van der Waals surface area (Å²) in [5.41, 5.74) is 2.18. The van der Waals surface area contributed by atoms with E-state index in [-0.39, 0.29) is 5.69 Å². The first kappa shape index (κ1) is 11.5. The van der Waals surface area contributed by atoms with E-state index in [0.717, 1.165) is 5.56 Å². The summed E-state index contributed by atoms with van der Waals surface area (Å²) in [6, 6.07) is 6.20. The highest BCUT2D eigenvalue weighted by Gasteiger charge is 2.11. The zero-order chi connectivity index (χ0) is 12.4. The number of nitro benzene ring substituents is 1. The maximum absolute atomic E-state index is 10.7. The Kier molecular flexibility index (Phi) is 3.01. The number of aromatic nitrogens is 2. The molecule has 0 radical (unpaired) electrons. The van der Waals surface area contributed by atoms with Crippen LogP contribution in [-0.4, -0.2) is 14.9 Å². The fraction of sp³-hybridized carbons (Fsp3) is 0.0909. The number of non-ortho nitro benzene ring substituents is 1. The van der Waals surface area contributed by atoms with Gasteiger partial charge in [-0.1, -0.05) is 17.7 Å². The molecular formula is C11H8ClN3O2. The molecule has 1 aromatic carbocycles. The molecule has 0 atom stereocenters. The van der Waals surface area contributed by atoms with Gasteiger partial charge in [0.15, 0.2) is 0 Å². The van der Waals surface area contributed by atoms with Gasteiger partial charge >= 0.3 is 0 Å². The minimum atomic E-state index is -0.439. The second-order valence-electron chi connectivity index (χ2n) is 3.48. The van der Waals surface area contributed by atoms with E-state index < -0.39 is 4.92 Å². The Labute approximate surface area is 102 Å². The van der Waals surface area contributed by atoms with Crippen LogP contribution in [0.2, 0.25) is 5.15 Å². The van der Waals surface area contributed by atoms with Gasteiger partial charge in [0.2, 0.25) is 0 Å². The van der Waals surface area contributed by atoms with Crippen LogP contribution in [0.1, 0.15) is 5.56 Å². The molecule has 0 saturated carbocycles. The molecule has 0 aliphatic heterocycles. The Hall–Kier alpha value is -2.01. The van der Waals surface area contributed by atoms with E-state index in [1.54, 1.807) is 12.1 Å². The zero-order valence-corrected chi connectivity index (χ0v) is 9.68. The van der Waals surface area contributed by atoms with E-state index in [2.05, 4.69) is 9.97 Å². The lowest BCUT2D eigenvalue weighted by Crippen LogP contribution is -1.92. The molecule has 0 N–H and O–H groups in total. The molecule has 0 saturated heterocycles. The van der Waals surface area contributed by atoms with Gasteiger partial charge in [-0.3, -0.25) is 10.1 Å². The molecule has 0 amide bonds. The Bertz CT molecular complexity index is 587. The smallest absolute Gasteiger partial charge is 0.258 e. The van der Waals surface area contributed by atoms with E-state index in [9.17, 15) is 10.1 Å². The summed E-state index contributed by atoms with van der Waals surface area (Å²) in [4.78, 5) is 18.1. The van der Waals surface area contributed by atoms with Gasteiger partial charge in [-0.25, -0.2) is 9.97 Å². The van der Waals surface area contributed by atoms with Crippen molar-refractivity contribution in [3.63, 3.8) is 0 Å². The minimum absolute atomic E-state index is 0.0281. The molecule has 0 aliphatic rings. The van der Waals surface area contributed by atoms with E-state index in [0.29, 0.717) is 16.4 Å². The minimum Gasteiger partial charge on any atom is -0.258 e. The molecule has 1 aromatic heterocycles. The molecular weight excluding hydrogens is 242 g/mol. The Morgan fingerprint density at radius 2 is 2.06 bits per heavy atom. The van der Waals surface area contributed by atoms with Crippen LogP contribution in [0.5, 0.6) is 0 Å². The van der Waals surface area contributed by atoms with Gasteiger partial charge in [-0.2, -0.15) is 0 Å². The number of rotatable bonds is 2. The third kappa shape index (κ3) is 2.39. The van der Waals surface area contributed by atoms with Crippen molar-refractivity contribution in [3.05, 3.63) is 51.4 Å². The summed E-state index contributed by atoms with van der Waals surface area (Å²) in [6.45, 7) is 1.86. The van der Waals surface area contributed by atoms with E-state index in [1.165, 1.54) is 18.5 Å². The lowest BCUT2D eigenvalue weighted by molar-refractivity contribution is -0.384. The summed E-state index contributed by atoms with van der Waals surface area (Å²) in [6.07, 6.45) is 1.33. The Morgan fingerprint density at radius 3 is 2.71 bits per heavy atom. The van der Waals surface area contributed by atoms with Crippen molar-refractivity contribution in [2.45, 2.75) is 6.92 Å². The number of hydrogen-bond donors (Lipinski definition) is 0. The predicted octanol–water partition coefficient (Wildman–Crippen LogP) is 3.01. The van der Waals surface area contributed by atoms with Crippen LogP contribution in [0.15, 0.2) is 30.6 Å². The van der Waals surface area contributed by atoms with Crippen molar-refractivity contribution in [1.29, 1.82) is 0 Å². The first-order valence-electron chi connectivity index (χ1n) is 4.81. The molecule has 0 unspecified atom stereocenters. The lowest BCUT2D eigenvalue weighted by Gasteiger charge is -2.04. The van der Waals surface area contributed by atoms with Gasteiger partial charge in [0.05, 0.1) is 10.6 Å². The third-order valence-electron chi connectivity index (χ3n) is 2.34. The fourth-order valence-corrected chi connectivity index (χ4v) is 1.63. The van der Waals surface area contributed by atoms with Crippen molar-refractivity contribution in [2.24, 2.45) is 0 Å². The maximum atomic E-state index is 10.7. The van der Waals surface area contributed by atoms with Crippen molar-refractivity contribution >= 4 is 17.3 Å². The van der Waals surface area contributed by atoms with Crippen molar-refractivity contribution < 1.29 is 4.92 Å². The number of benzene rings is 1. The molecule has 5 nitrogen and oxygen atoms in total. The van der Waals surface area contributed by atoms with E-state index >= 15 is 0 Å². The average molecular weight is 250 g/mol. The second-order valence-corrected chi connectivity index (χ2v) is 3.87. The standard InChI is InChI=1S/C11H8ClN3O2/c1-7-2-3-8(15(16)17)4-9(7)10-5-11(12)14-6-13-10/h2-6H,1H3. The first-order valence-corrected chi connectivity index (χ1v) is 5.18. The van der Waals surface area contributed by atoms with Crippen LogP contribution in [0.4, 0.5) is 5.69 Å². The number of hydrogen-bond acceptors (Lipinski definition) is 4. The van der Waals surface area contributed by atoms with Crippen LogP contribution in [-0.2, 0) is 0 Å². The molecule has 2 aromatic rings. The molecule has 0 bridgehead atoms. The first-order chi connectivity index (χ1) is 8.08. The summed E-state index contributed by atoms with van der Waals surface area (Å²) in [7, 11) is 0. The number of nitrogens with zero attached hydrogens (tertiary/aromatic N) is 3. The van der Waals surface area contributed by atoms with Crippen LogP contribution in [0.25, 0.3) is 11.3 Å². The molecule has 86 valence electrons. The van der Waals surface area contributed by atoms with E-state index in [4.69, 9.17) is 11.6 Å². The quantitative estimate of drug-likeness (QED) is 0.466. The molecule has 0 fully saturated rings. The van der Waals surface area contributed by atoms with Gasteiger partial charge < -0.3 is 0 Å². The van der Waals surface area contributed by atoms with Gasteiger partial charge in [0, 0.05) is 23.8 Å². The number of halogens is 1. The summed E-state index contributed by atoms with van der Waals surface area (Å²) in [5.74, 6) is 0. The average Bonchev–Trinajstić information content (AvgIpc) is 2.29. The van der Waals surface area contributed by atoms with Gasteiger partial charge in [0.1, 0.15) is 11.5 Å². The largest absolute Gasteiger partial charge is 0.270 e. The monoisotopic (exact) mass is 249 g/mol. The predicted molar refractivity (Wildman–Crippen MR) is 63.9 cm³/mol. The second kappa shape index (κ2) is 4.47. The molecule has 0 aliphatic carbocycles. The van der Waals surface area contributed by atoms with Crippen LogP contribution in [0, 0.1) is 17.0 Å². The maximum Gasteiger partial charge on any atom is 0.270 e. The Balaban J connectivity index is 2.58. The van der Waals surface area contributed by atoms with Gasteiger partial charge in [0.25, 0.3) is 5.69 Å². The number of nitro groups is 1. The molecule has 2 rings (SSSR count). The van der Waals surface area contributed by atoms with E-state index in [1.807, 2.05) is 6.92 Å². The lowest BCUT2D eigenvalue weighted by atomic mass is 10.0. The molecule has 0 spiro atoms. The normalized spacial score (nSPS) is 10.2. The SMILES string of the molecule is Cc1ccc([N+](=O)[O-])cc1-c1cc(Cl)ncn1. The van der Waals surface area contributed by atoms with Crippen LogP contribution < -0.4 is 0 Å². The zero-order valence-electron chi connectivity index (χ0n) is 8.92.